The van der Waals surface area contributed by atoms with Gasteiger partial charge in [-0.05, 0) is 42.0 Å². The van der Waals surface area contributed by atoms with Gasteiger partial charge in [-0.2, -0.15) is 0 Å². The van der Waals surface area contributed by atoms with Gasteiger partial charge in [0.25, 0.3) is 0 Å². The van der Waals surface area contributed by atoms with Gasteiger partial charge in [0.1, 0.15) is 23.9 Å². The molecule has 30 heavy (non-hydrogen) atoms. The number of hydrogen-bond donors (Lipinski definition) is 0. The number of benzene rings is 3. The molecule has 0 radical (unpaired) electrons. The Morgan fingerprint density at radius 2 is 1.93 bits per heavy atom. The van der Waals surface area contributed by atoms with E-state index in [4.69, 9.17) is 22.5 Å². The summed E-state index contributed by atoms with van der Waals surface area (Å²) in [5.74, 6) is 4.40. The summed E-state index contributed by atoms with van der Waals surface area (Å²) in [5.41, 5.74) is 2.91. The van der Waals surface area contributed by atoms with Gasteiger partial charge < -0.3 is 14.4 Å². The van der Waals surface area contributed by atoms with Gasteiger partial charge in [-0.1, -0.05) is 30.2 Å². The first-order chi connectivity index (χ1) is 14.7. The molecule has 0 unspecified atom stereocenters. The smallest absolute Gasteiger partial charge is 0.231 e. The summed E-state index contributed by atoms with van der Waals surface area (Å²) >= 11 is 0. The van der Waals surface area contributed by atoms with Crippen LogP contribution in [0.2, 0.25) is 0 Å². The van der Waals surface area contributed by atoms with Crippen molar-refractivity contribution in [2.75, 3.05) is 18.1 Å². The maximum Gasteiger partial charge on any atom is 0.231 e. The number of carbonyl (C=O) groups is 1. The van der Waals surface area contributed by atoms with Crippen molar-refractivity contribution in [2.24, 2.45) is 0 Å². The molecule has 0 bridgehead atoms. The summed E-state index contributed by atoms with van der Waals surface area (Å²) in [7, 11) is 0. The van der Waals surface area contributed by atoms with Gasteiger partial charge in [0, 0.05) is 11.6 Å². The van der Waals surface area contributed by atoms with Gasteiger partial charge in [-0.15, -0.1) is 6.42 Å². The highest BCUT2D eigenvalue weighted by Crippen LogP contribution is 2.37. The Bertz CT molecular complexity index is 1170. The van der Waals surface area contributed by atoms with Crippen LogP contribution in [0.25, 0.3) is 4.85 Å². The summed E-state index contributed by atoms with van der Waals surface area (Å²) in [6, 6.07) is 19.8. The standard InChI is InChI=1S/C25H18N2O3/c1-3-18-5-4-6-19(15-18)16-25(28)27-13-14-29-24-17-22(11-12-23(24)27)30-21-9-7-20(26-2)8-10-21/h1,4-12,15,17H,13-14,16H2. The van der Waals surface area contributed by atoms with Crippen LogP contribution in [0.15, 0.2) is 66.7 Å². The number of amides is 1. The Morgan fingerprint density at radius 3 is 2.70 bits per heavy atom. The average molecular weight is 394 g/mol. The van der Waals surface area contributed by atoms with Gasteiger partial charge in [-0.25, -0.2) is 4.85 Å². The van der Waals surface area contributed by atoms with Gasteiger partial charge in [0.05, 0.1) is 25.2 Å². The number of terminal acetylenes is 1. The lowest BCUT2D eigenvalue weighted by Crippen LogP contribution is -2.38. The zero-order valence-electron chi connectivity index (χ0n) is 16.2. The number of rotatable bonds is 4. The Morgan fingerprint density at radius 1 is 1.13 bits per heavy atom. The van der Waals surface area contributed by atoms with E-state index in [2.05, 4.69) is 10.8 Å². The molecule has 0 atom stereocenters. The van der Waals surface area contributed by atoms with Gasteiger partial charge in [-0.3, -0.25) is 4.79 Å². The molecule has 5 nitrogen and oxygen atoms in total. The Balaban J connectivity index is 1.51. The molecule has 1 heterocycles. The number of nitrogens with zero attached hydrogens (tertiary/aromatic N) is 2. The van der Waals surface area contributed by atoms with Crippen molar-refractivity contribution in [3.8, 4) is 29.6 Å². The molecule has 1 aliphatic rings. The third kappa shape index (κ3) is 4.11. The predicted octanol–water partition coefficient (Wildman–Crippen LogP) is 4.98. The van der Waals surface area contributed by atoms with Crippen LogP contribution >= 0.6 is 0 Å². The lowest BCUT2D eigenvalue weighted by atomic mass is 10.1. The van der Waals surface area contributed by atoms with Crippen molar-refractivity contribution in [2.45, 2.75) is 6.42 Å². The SMILES string of the molecule is [C-]#[N+]c1ccc(Oc2ccc3c(c2)OCCN3C(=O)Cc2cccc(C#C)c2)cc1. The zero-order valence-corrected chi connectivity index (χ0v) is 16.2. The normalized spacial score (nSPS) is 12.1. The molecule has 0 spiro atoms. The van der Waals surface area contributed by atoms with E-state index in [1.165, 1.54) is 0 Å². The first-order valence-electron chi connectivity index (χ1n) is 9.44. The summed E-state index contributed by atoms with van der Waals surface area (Å²) in [5, 5.41) is 0. The maximum absolute atomic E-state index is 12.9. The van der Waals surface area contributed by atoms with E-state index in [0.29, 0.717) is 36.1 Å². The van der Waals surface area contributed by atoms with Crippen LogP contribution < -0.4 is 14.4 Å². The molecular formula is C25H18N2O3. The molecule has 0 saturated heterocycles. The van der Waals surface area contributed by atoms with Crippen molar-refractivity contribution in [1.82, 2.24) is 0 Å². The molecule has 0 saturated carbocycles. The Kier molecular flexibility index (Phi) is 5.37. The number of ether oxygens (including phenoxy) is 2. The predicted molar refractivity (Wildman–Crippen MR) is 115 cm³/mol. The largest absolute Gasteiger partial charge is 0.489 e. The number of hydrogen-bond acceptors (Lipinski definition) is 3. The molecule has 3 aromatic rings. The fourth-order valence-corrected chi connectivity index (χ4v) is 3.29. The fraction of sp³-hybridized carbons (Fsp3) is 0.120. The molecule has 0 aliphatic carbocycles. The third-order valence-electron chi connectivity index (χ3n) is 4.75. The molecule has 5 heteroatoms. The second kappa shape index (κ2) is 8.43. The van der Waals surface area contributed by atoms with E-state index in [-0.39, 0.29) is 12.3 Å². The number of fused-ring (bicyclic) bond motifs is 1. The minimum absolute atomic E-state index is 0.0166. The highest BCUT2D eigenvalue weighted by Gasteiger charge is 2.24. The topological polar surface area (TPSA) is 43.1 Å². The van der Waals surface area contributed by atoms with Gasteiger partial charge in [0.15, 0.2) is 5.69 Å². The minimum Gasteiger partial charge on any atom is -0.489 e. The first kappa shape index (κ1) is 19.1. The quantitative estimate of drug-likeness (QED) is 0.463. The van der Waals surface area contributed by atoms with Gasteiger partial charge in [0.2, 0.25) is 5.91 Å². The second-order valence-electron chi connectivity index (χ2n) is 6.75. The van der Waals surface area contributed by atoms with Crippen LogP contribution in [0.3, 0.4) is 0 Å². The summed E-state index contributed by atoms with van der Waals surface area (Å²) < 4.78 is 11.6. The molecule has 0 aromatic heterocycles. The summed E-state index contributed by atoms with van der Waals surface area (Å²) in [6.07, 6.45) is 5.72. The monoisotopic (exact) mass is 394 g/mol. The van der Waals surface area contributed by atoms with Crippen molar-refractivity contribution in [3.63, 3.8) is 0 Å². The third-order valence-corrected chi connectivity index (χ3v) is 4.75. The van der Waals surface area contributed by atoms with Crippen molar-refractivity contribution in [3.05, 3.63) is 89.3 Å². The van der Waals surface area contributed by atoms with E-state index < -0.39 is 0 Å². The summed E-state index contributed by atoms with van der Waals surface area (Å²) in [4.78, 5) is 18.0. The van der Waals surface area contributed by atoms with E-state index >= 15 is 0 Å². The zero-order chi connectivity index (χ0) is 20.9. The van der Waals surface area contributed by atoms with E-state index in [9.17, 15) is 4.79 Å². The Hall–Kier alpha value is -4.22. The van der Waals surface area contributed by atoms with E-state index in [1.807, 2.05) is 30.3 Å². The lowest BCUT2D eigenvalue weighted by Gasteiger charge is -2.30. The molecule has 1 aliphatic heterocycles. The van der Waals surface area contributed by atoms with Crippen molar-refractivity contribution >= 4 is 17.3 Å². The second-order valence-corrected chi connectivity index (χ2v) is 6.75. The fourth-order valence-electron chi connectivity index (χ4n) is 3.29. The molecule has 3 aromatic carbocycles. The number of anilines is 1. The van der Waals surface area contributed by atoms with Crippen LogP contribution in [0.5, 0.6) is 17.2 Å². The molecule has 0 N–H and O–H groups in total. The Labute approximate surface area is 175 Å². The van der Waals surface area contributed by atoms with Crippen LogP contribution in [-0.4, -0.2) is 19.1 Å². The molecule has 146 valence electrons. The molecule has 4 rings (SSSR count). The average Bonchev–Trinajstić information content (AvgIpc) is 2.79. The lowest BCUT2D eigenvalue weighted by molar-refractivity contribution is -0.118. The van der Waals surface area contributed by atoms with Crippen molar-refractivity contribution < 1.29 is 14.3 Å². The maximum atomic E-state index is 12.9. The van der Waals surface area contributed by atoms with Crippen LogP contribution in [0, 0.1) is 18.9 Å². The van der Waals surface area contributed by atoms with Crippen LogP contribution in [-0.2, 0) is 11.2 Å². The van der Waals surface area contributed by atoms with Crippen LogP contribution in [0.1, 0.15) is 11.1 Å². The highest BCUT2D eigenvalue weighted by atomic mass is 16.5. The molecule has 0 fully saturated rings. The van der Waals surface area contributed by atoms with Crippen LogP contribution in [0.4, 0.5) is 11.4 Å². The number of carbonyl (C=O) groups excluding carboxylic acids is 1. The molecule has 1 amide bonds. The molecular weight excluding hydrogens is 376 g/mol. The highest BCUT2D eigenvalue weighted by molar-refractivity contribution is 5.96. The van der Waals surface area contributed by atoms with E-state index in [0.717, 1.165) is 16.8 Å². The first-order valence-corrected chi connectivity index (χ1v) is 9.44. The van der Waals surface area contributed by atoms with E-state index in [1.54, 1.807) is 41.3 Å². The van der Waals surface area contributed by atoms with Gasteiger partial charge >= 0.3 is 0 Å². The summed E-state index contributed by atoms with van der Waals surface area (Å²) in [6.45, 7) is 7.91. The minimum atomic E-state index is -0.0166. The van der Waals surface area contributed by atoms with Crippen molar-refractivity contribution in [1.29, 1.82) is 0 Å².